The van der Waals surface area contributed by atoms with Crippen LogP contribution in [0.5, 0.6) is 0 Å². The van der Waals surface area contributed by atoms with Gasteiger partial charge < -0.3 is 10.6 Å². The lowest BCUT2D eigenvalue weighted by atomic mass is 9.49. The van der Waals surface area contributed by atoms with Gasteiger partial charge in [-0.3, -0.25) is 4.79 Å². The number of carbonyl (C=O) groups is 1. The SMILES string of the molecule is O=C(NCCC[NH2+]C1CCCCC1)C12CC3CC(CC(C3)C1)C2. The van der Waals surface area contributed by atoms with Crippen molar-refractivity contribution in [2.45, 2.75) is 83.1 Å². The molecule has 0 unspecified atom stereocenters. The van der Waals surface area contributed by atoms with Gasteiger partial charge in [-0.05, 0) is 82.0 Å². The highest BCUT2D eigenvalue weighted by molar-refractivity contribution is 5.83. The van der Waals surface area contributed by atoms with E-state index in [1.807, 2.05) is 0 Å². The van der Waals surface area contributed by atoms with E-state index in [1.54, 1.807) is 0 Å². The molecule has 1 amide bonds. The van der Waals surface area contributed by atoms with E-state index in [0.717, 1.165) is 36.8 Å². The van der Waals surface area contributed by atoms with Gasteiger partial charge in [0.2, 0.25) is 5.91 Å². The Morgan fingerprint density at radius 1 is 0.957 bits per heavy atom. The van der Waals surface area contributed by atoms with Crippen LogP contribution in [0.15, 0.2) is 0 Å². The molecule has 0 aliphatic heterocycles. The first-order valence-corrected chi connectivity index (χ1v) is 10.4. The molecule has 5 saturated carbocycles. The molecule has 3 N–H and O–H groups in total. The van der Waals surface area contributed by atoms with E-state index in [1.165, 1.54) is 77.2 Å². The van der Waals surface area contributed by atoms with Crippen LogP contribution in [-0.4, -0.2) is 25.0 Å². The van der Waals surface area contributed by atoms with Crippen molar-refractivity contribution < 1.29 is 10.1 Å². The van der Waals surface area contributed by atoms with Crippen LogP contribution in [-0.2, 0) is 4.79 Å². The molecule has 0 aromatic carbocycles. The summed E-state index contributed by atoms with van der Waals surface area (Å²) in [6.45, 7) is 2.08. The standard InChI is InChI=1S/C20H34N2O/c23-19(22-8-4-7-21-18-5-2-1-3-6-18)20-12-15-9-16(13-20)11-17(10-15)14-20/h15-18,21H,1-14H2,(H,22,23)/p+1. The highest BCUT2D eigenvalue weighted by atomic mass is 16.2. The Labute approximate surface area is 141 Å². The van der Waals surface area contributed by atoms with Gasteiger partial charge in [0.05, 0.1) is 12.6 Å². The minimum absolute atomic E-state index is 0.0435. The number of nitrogens with two attached hydrogens (primary N) is 1. The predicted molar refractivity (Wildman–Crippen MR) is 91.9 cm³/mol. The number of rotatable bonds is 6. The molecular formula is C20H35N2O+. The Balaban J connectivity index is 1.18. The zero-order chi connectivity index (χ0) is 15.7. The average Bonchev–Trinajstić information content (AvgIpc) is 2.54. The van der Waals surface area contributed by atoms with Crippen LogP contribution in [0.2, 0.25) is 0 Å². The molecule has 0 atom stereocenters. The largest absolute Gasteiger partial charge is 0.355 e. The second kappa shape index (κ2) is 6.74. The molecule has 0 heterocycles. The third kappa shape index (κ3) is 3.45. The van der Waals surface area contributed by atoms with Crippen LogP contribution in [0.25, 0.3) is 0 Å². The van der Waals surface area contributed by atoms with Crippen LogP contribution >= 0.6 is 0 Å². The second-order valence-electron chi connectivity index (χ2n) is 9.23. The summed E-state index contributed by atoms with van der Waals surface area (Å²) in [6, 6.07) is 0.864. The van der Waals surface area contributed by atoms with Crippen LogP contribution in [0.4, 0.5) is 0 Å². The molecule has 5 fully saturated rings. The summed E-state index contributed by atoms with van der Waals surface area (Å²) in [4.78, 5) is 12.8. The third-order valence-corrected chi connectivity index (χ3v) is 7.34. The summed E-state index contributed by atoms with van der Waals surface area (Å²) in [5.41, 5.74) is 0.0435. The zero-order valence-corrected chi connectivity index (χ0v) is 14.7. The van der Waals surface area contributed by atoms with Gasteiger partial charge in [-0.1, -0.05) is 6.42 Å². The zero-order valence-electron chi connectivity index (χ0n) is 14.7. The van der Waals surface area contributed by atoms with Gasteiger partial charge in [-0.25, -0.2) is 0 Å². The lowest BCUT2D eigenvalue weighted by molar-refractivity contribution is -0.691. The van der Waals surface area contributed by atoms with Gasteiger partial charge in [0, 0.05) is 18.4 Å². The first-order valence-electron chi connectivity index (χ1n) is 10.4. The highest BCUT2D eigenvalue weighted by Crippen LogP contribution is 2.60. The Hall–Kier alpha value is -0.570. The quantitative estimate of drug-likeness (QED) is 0.726. The minimum Gasteiger partial charge on any atom is -0.355 e. The Kier molecular flexibility index (Phi) is 4.67. The Bertz CT molecular complexity index is 392. The summed E-state index contributed by atoms with van der Waals surface area (Å²) < 4.78 is 0. The topological polar surface area (TPSA) is 45.7 Å². The van der Waals surface area contributed by atoms with Crippen molar-refractivity contribution in [1.82, 2.24) is 5.32 Å². The number of nitrogens with one attached hydrogen (secondary N) is 1. The fraction of sp³-hybridized carbons (Fsp3) is 0.950. The van der Waals surface area contributed by atoms with Gasteiger partial charge in [0.1, 0.15) is 0 Å². The van der Waals surface area contributed by atoms with Gasteiger partial charge in [-0.2, -0.15) is 0 Å². The lowest BCUT2D eigenvalue weighted by Crippen LogP contribution is -2.90. The number of hydrogen-bond donors (Lipinski definition) is 2. The van der Waals surface area contributed by atoms with E-state index < -0.39 is 0 Å². The molecule has 5 aliphatic rings. The van der Waals surface area contributed by atoms with Crippen molar-refractivity contribution in [2.24, 2.45) is 23.2 Å². The minimum atomic E-state index is 0.0435. The summed E-state index contributed by atoms with van der Waals surface area (Å²) >= 11 is 0. The molecule has 0 radical (unpaired) electrons. The van der Waals surface area contributed by atoms with Crippen LogP contribution in [0.3, 0.4) is 0 Å². The fourth-order valence-electron chi connectivity index (χ4n) is 6.60. The van der Waals surface area contributed by atoms with Gasteiger partial charge >= 0.3 is 0 Å². The highest BCUT2D eigenvalue weighted by Gasteiger charge is 2.54. The molecule has 0 aromatic heterocycles. The number of hydrogen-bond acceptors (Lipinski definition) is 1. The molecule has 4 bridgehead atoms. The molecule has 0 aromatic rings. The Morgan fingerprint density at radius 3 is 2.17 bits per heavy atom. The molecule has 3 heteroatoms. The van der Waals surface area contributed by atoms with Crippen molar-refractivity contribution in [2.75, 3.05) is 13.1 Å². The lowest BCUT2D eigenvalue weighted by Gasteiger charge is -2.55. The molecule has 5 rings (SSSR count). The average molecular weight is 320 g/mol. The van der Waals surface area contributed by atoms with Gasteiger partial charge in [-0.15, -0.1) is 0 Å². The van der Waals surface area contributed by atoms with E-state index in [4.69, 9.17) is 0 Å². The van der Waals surface area contributed by atoms with E-state index in [9.17, 15) is 4.79 Å². The van der Waals surface area contributed by atoms with Crippen molar-refractivity contribution in [3.63, 3.8) is 0 Å². The maximum atomic E-state index is 12.8. The fourth-order valence-corrected chi connectivity index (χ4v) is 6.60. The smallest absolute Gasteiger partial charge is 0.226 e. The summed E-state index contributed by atoms with van der Waals surface area (Å²) in [7, 11) is 0. The predicted octanol–water partition coefficient (Wildman–Crippen LogP) is 2.61. The van der Waals surface area contributed by atoms with E-state index in [-0.39, 0.29) is 5.41 Å². The number of amides is 1. The van der Waals surface area contributed by atoms with Gasteiger partial charge in [0.15, 0.2) is 0 Å². The molecule has 23 heavy (non-hydrogen) atoms. The first kappa shape index (κ1) is 15.9. The summed E-state index contributed by atoms with van der Waals surface area (Å²) in [5, 5.41) is 5.86. The summed E-state index contributed by atoms with van der Waals surface area (Å²) in [6.07, 6.45) is 16.1. The van der Waals surface area contributed by atoms with Gasteiger partial charge in [0.25, 0.3) is 0 Å². The van der Waals surface area contributed by atoms with Crippen molar-refractivity contribution in [3.8, 4) is 0 Å². The first-order chi connectivity index (χ1) is 11.2. The second-order valence-corrected chi connectivity index (χ2v) is 9.23. The maximum absolute atomic E-state index is 12.8. The number of quaternary nitrogens is 1. The van der Waals surface area contributed by atoms with E-state index in [2.05, 4.69) is 10.6 Å². The van der Waals surface area contributed by atoms with Crippen molar-refractivity contribution in [3.05, 3.63) is 0 Å². The van der Waals surface area contributed by atoms with Crippen LogP contribution < -0.4 is 10.6 Å². The van der Waals surface area contributed by atoms with Crippen LogP contribution in [0.1, 0.15) is 77.0 Å². The monoisotopic (exact) mass is 319 g/mol. The van der Waals surface area contributed by atoms with E-state index >= 15 is 0 Å². The molecular weight excluding hydrogens is 284 g/mol. The van der Waals surface area contributed by atoms with Crippen molar-refractivity contribution >= 4 is 5.91 Å². The molecule has 0 spiro atoms. The maximum Gasteiger partial charge on any atom is 0.226 e. The molecule has 0 saturated heterocycles. The van der Waals surface area contributed by atoms with Crippen LogP contribution in [0, 0.1) is 23.2 Å². The number of carbonyl (C=O) groups excluding carboxylic acids is 1. The molecule has 3 nitrogen and oxygen atoms in total. The third-order valence-electron chi connectivity index (χ3n) is 7.34. The molecule has 130 valence electrons. The normalized spacial score (nSPS) is 39.6. The van der Waals surface area contributed by atoms with Crippen molar-refractivity contribution in [1.29, 1.82) is 0 Å². The Morgan fingerprint density at radius 2 is 1.57 bits per heavy atom. The summed E-state index contributed by atoms with van der Waals surface area (Å²) in [5.74, 6) is 3.01. The molecule has 5 aliphatic carbocycles. The van der Waals surface area contributed by atoms with E-state index in [0.29, 0.717) is 5.91 Å².